The van der Waals surface area contributed by atoms with E-state index in [1.54, 1.807) is 6.92 Å². The smallest absolute Gasteiger partial charge is 0.322 e. The summed E-state index contributed by atoms with van der Waals surface area (Å²) in [4.78, 5) is 11.0. The minimum Gasteiger partial charge on any atom is -0.468 e. The van der Waals surface area contributed by atoms with Gasteiger partial charge in [-0.2, -0.15) is 0 Å². The largest absolute Gasteiger partial charge is 0.468 e. The van der Waals surface area contributed by atoms with E-state index in [1.807, 2.05) is 20.8 Å². The summed E-state index contributed by atoms with van der Waals surface area (Å²) in [5.41, 5.74) is -0.129. The van der Waals surface area contributed by atoms with Gasteiger partial charge in [0.2, 0.25) is 0 Å². The van der Waals surface area contributed by atoms with Crippen LogP contribution >= 0.6 is 0 Å². The lowest BCUT2D eigenvalue weighted by molar-refractivity contribution is -0.142. The normalized spacial score (nSPS) is 13.8. The van der Waals surface area contributed by atoms with E-state index in [0.717, 1.165) is 0 Å². The Bertz CT molecular complexity index is 175. The average molecular weight is 203 g/mol. The van der Waals surface area contributed by atoms with Crippen LogP contribution in [0.15, 0.2) is 0 Å². The summed E-state index contributed by atoms with van der Waals surface area (Å²) >= 11 is 0. The molecule has 0 aromatic rings. The molecule has 4 heteroatoms. The van der Waals surface area contributed by atoms with Crippen molar-refractivity contribution in [3.63, 3.8) is 0 Å². The van der Waals surface area contributed by atoms with Gasteiger partial charge in [-0.1, -0.05) is 0 Å². The molecule has 0 aliphatic heterocycles. The van der Waals surface area contributed by atoms with E-state index in [0.29, 0.717) is 13.2 Å². The van der Waals surface area contributed by atoms with Crippen LogP contribution in [0.25, 0.3) is 0 Å². The number of rotatable bonds is 5. The number of nitrogens with one attached hydrogen (secondary N) is 1. The number of esters is 1. The highest BCUT2D eigenvalue weighted by atomic mass is 16.5. The molecular weight excluding hydrogens is 182 g/mol. The predicted molar refractivity (Wildman–Crippen MR) is 55.2 cm³/mol. The topological polar surface area (TPSA) is 47.6 Å². The molecule has 0 heterocycles. The van der Waals surface area contributed by atoms with Gasteiger partial charge in [0.1, 0.15) is 6.04 Å². The van der Waals surface area contributed by atoms with Crippen LogP contribution in [0.1, 0.15) is 27.7 Å². The molecule has 1 N–H and O–H groups in total. The Morgan fingerprint density at radius 2 is 2.00 bits per heavy atom. The maximum Gasteiger partial charge on any atom is 0.322 e. The number of carbonyl (C=O) groups excluding carboxylic acids is 1. The van der Waals surface area contributed by atoms with Crippen molar-refractivity contribution in [2.24, 2.45) is 0 Å². The van der Waals surface area contributed by atoms with Gasteiger partial charge in [-0.25, -0.2) is 0 Å². The van der Waals surface area contributed by atoms with Crippen molar-refractivity contribution in [2.45, 2.75) is 39.3 Å². The SMILES string of the molecule is COC(=O)C(C)NCCOC(C)(C)C. The van der Waals surface area contributed by atoms with Gasteiger partial charge in [0.05, 0.1) is 19.3 Å². The summed E-state index contributed by atoms with van der Waals surface area (Å²) < 4.78 is 10.0. The Morgan fingerprint density at radius 1 is 1.43 bits per heavy atom. The van der Waals surface area contributed by atoms with Crippen LogP contribution in [-0.2, 0) is 14.3 Å². The van der Waals surface area contributed by atoms with E-state index in [1.165, 1.54) is 7.11 Å². The summed E-state index contributed by atoms with van der Waals surface area (Å²) in [6.07, 6.45) is 0. The molecule has 0 aliphatic rings. The molecule has 0 rings (SSSR count). The second kappa shape index (κ2) is 5.98. The quantitative estimate of drug-likeness (QED) is 0.534. The lowest BCUT2D eigenvalue weighted by Gasteiger charge is -2.20. The summed E-state index contributed by atoms with van der Waals surface area (Å²) in [6, 6.07) is -0.274. The molecule has 0 radical (unpaired) electrons. The molecule has 0 saturated carbocycles. The molecule has 0 bridgehead atoms. The fourth-order valence-corrected chi connectivity index (χ4v) is 0.893. The number of hydrogen-bond donors (Lipinski definition) is 1. The first-order chi connectivity index (χ1) is 6.37. The zero-order valence-electron chi connectivity index (χ0n) is 9.72. The molecule has 84 valence electrons. The molecule has 0 aromatic heterocycles. The third kappa shape index (κ3) is 6.86. The fourth-order valence-electron chi connectivity index (χ4n) is 0.893. The van der Waals surface area contributed by atoms with E-state index < -0.39 is 0 Å². The molecule has 0 aliphatic carbocycles. The van der Waals surface area contributed by atoms with Crippen LogP contribution in [0.3, 0.4) is 0 Å². The third-order valence-corrected chi connectivity index (χ3v) is 1.64. The highest BCUT2D eigenvalue weighted by Gasteiger charge is 2.13. The highest BCUT2D eigenvalue weighted by molar-refractivity contribution is 5.74. The van der Waals surface area contributed by atoms with E-state index >= 15 is 0 Å². The van der Waals surface area contributed by atoms with Crippen LogP contribution in [0.5, 0.6) is 0 Å². The molecule has 4 nitrogen and oxygen atoms in total. The second-order valence-electron chi connectivity index (χ2n) is 4.16. The van der Waals surface area contributed by atoms with Crippen molar-refractivity contribution >= 4 is 5.97 Å². The predicted octanol–water partition coefficient (Wildman–Crippen LogP) is 0.953. The van der Waals surface area contributed by atoms with Gasteiger partial charge in [0.25, 0.3) is 0 Å². The number of ether oxygens (including phenoxy) is 2. The van der Waals surface area contributed by atoms with E-state index in [2.05, 4.69) is 10.1 Å². The monoisotopic (exact) mass is 203 g/mol. The number of hydrogen-bond acceptors (Lipinski definition) is 4. The molecule has 0 amide bonds. The van der Waals surface area contributed by atoms with Gasteiger partial charge in [-0.3, -0.25) is 4.79 Å². The fraction of sp³-hybridized carbons (Fsp3) is 0.900. The van der Waals surface area contributed by atoms with Crippen molar-refractivity contribution in [1.29, 1.82) is 0 Å². The summed E-state index contributed by atoms with van der Waals surface area (Å²) in [7, 11) is 1.38. The molecule has 0 saturated heterocycles. The van der Waals surface area contributed by atoms with Crippen molar-refractivity contribution in [1.82, 2.24) is 5.32 Å². The molecule has 0 fully saturated rings. The molecule has 0 spiro atoms. The minimum atomic E-state index is -0.274. The van der Waals surface area contributed by atoms with Crippen LogP contribution in [0.2, 0.25) is 0 Å². The van der Waals surface area contributed by atoms with E-state index in [-0.39, 0.29) is 17.6 Å². The van der Waals surface area contributed by atoms with Crippen molar-refractivity contribution in [3.8, 4) is 0 Å². The Morgan fingerprint density at radius 3 is 2.43 bits per heavy atom. The summed E-state index contributed by atoms with van der Waals surface area (Å²) in [5, 5.41) is 3.01. The van der Waals surface area contributed by atoms with Crippen LogP contribution in [0, 0.1) is 0 Å². The first-order valence-electron chi connectivity index (χ1n) is 4.82. The van der Waals surface area contributed by atoms with Crippen LogP contribution in [-0.4, -0.2) is 37.9 Å². The zero-order valence-corrected chi connectivity index (χ0v) is 9.72. The van der Waals surface area contributed by atoms with E-state index in [4.69, 9.17) is 4.74 Å². The molecule has 1 atom stereocenters. The standard InChI is InChI=1S/C10H21NO3/c1-8(9(12)13-5)11-6-7-14-10(2,3)4/h8,11H,6-7H2,1-5H3. The Kier molecular flexibility index (Phi) is 5.72. The lowest BCUT2D eigenvalue weighted by Crippen LogP contribution is -2.37. The van der Waals surface area contributed by atoms with Gasteiger partial charge in [0.15, 0.2) is 0 Å². The third-order valence-electron chi connectivity index (χ3n) is 1.64. The maximum absolute atomic E-state index is 11.0. The molecule has 14 heavy (non-hydrogen) atoms. The molecule has 1 unspecified atom stereocenters. The lowest BCUT2D eigenvalue weighted by atomic mass is 10.2. The van der Waals surface area contributed by atoms with Crippen LogP contribution < -0.4 is 5.32 Å². The maximum atomic E-state index is 11.0. The number of carbonyl (C=O) groups is 1. The number of methoxy groups -OCH3 is 1. The Labute approximate surface area is 86.0 Å². The summed E-state index contributed by atoms with van der Waals surface area (Å²) in [6.45, 7) is 8.99. The van der Waals surface area contributed by atoms with Crippen molar-refractivity contribution in [2.75, 3.05) is 20.3 Å². The van der Waals surface area contributed by atoms with Gasteiger partial charge in [-0.05, 0) is 27.7 Å². The first-order valence-corrected chi connectivity index (χ1v) is 4.82. The average Bonchev–Trinajstić information content (AvgIpc) is 2.09. The Balaban J connectivity index is 3.50. The van der Waals surface area contributed by atoms with Gasteiger partial charge >= 0.3 is 5.97 Å². The van der Waals surface area contributed by atoms with Crippen molar-refractivity contribution < 1.29 is 14.3 Å². The second-order valence-corrected chi connectivity index (χ2v) is 4.16. The zero-order chi connectivity index (χ0) is 11.2. The van der Waals surface area contributed by atoms with Crippen molar-refractivity contribution in [3.05, 3.63) is 0 Å². The minimum absolute atomic E-state index is 0.129. The van der Waals surface area contributed by atoms with Gasteiger partial charge in [0, 0.05) is 6.54 Å². The molecular formula is C10H21NO3. The van der Waals surface area contributed by atoms with E-state index in [9.17, 15) is 4.79 Å². The Hall–Kier alpha value is -0.610. The van der Waals surface area contributed by atoms with Gasteiger partial charge < -0.3 is 14.8 Å². The molecule has 0 aromatic carbocycles. The highest BCUT2D eigenvalue weighted by Crippen LogP contribution is 2.05. The first kappa shape index (κ1) is 13.4. The van der Waals surface area contributed by atoms with Gasteiger partial charge in [-0.15, -0.1) is 0 Å². The van der Waals surface area contributed by atoms with Crippen LogP contribution in [0.4, 0.5) is 0 Å². The summed E-state index contributed by atoms with van der Waals surface area (Å²) in [5.74, 6) is -0.249.